The lowest BCUT2D eigenvalue weighted by atomic mass is 10.0. The van der Waals surface area contributed by atoms with E-state index in [2.05, 4.69) is 25.2 Å². The zero-order valence-electron chi connectivity index (χ0n) is 11.4. The second kappa shape index (κ2) is 5.98. The molecule has 0 amide bonds. The summed E-state index contributed by atoms with van der Waals surface area (Å²) in [5.41, 5.74) is 3.35. The first-order valence-corrected chi connectivity index (χ1v) is 6.68. The zero-order chi connectivity index (χ0) is 13.8. The summed E-state index contributed by atoms with van der Waals surface area (Å²) in [4.78, 5) is 0. The predicted molar refractivity (Wildman–Crippen MR) is 81.8 cm³/mol. The van der Waals surface area contributed by atoms with Gasteiger partial charge >= 0.3 is 0 Å². The number of nitrogens with one attached hydrogen (secondary N) is 1. The van der Waals surface area contributed by atoms with Gasteiger partial charge in [-0.25, -0.2) is 0 Å². The molecule has 0 fully saturated rings. The molecular formula is C16H18ClNO. The Morgan fingerprint density at radius 2 is 1.74 bits per heavy atom. The highest BCUT2D eigenvalue weighted by Crippen LogP contribution is 2.30. The lowest BCUT2D eigenvalue weighted by Crippen LogP contribution is -1.98. The fourth-order valence-corrected chi connectivity index (χ4v) is 2.07. The van der Waals surface area contributed by atoms with Gasteiger partial charge in [0.1, 0.15) is 5.75 Å². The molecule has 19 heavy (non-hydrogen) atoms. The summed E-state index contributed by atoms with van der Waals surface area (Å²) < 4.78 is 5.28. The van der Waals surface area contributed by atoms with Crippen LogP contribution in [0.5, 0.6) is 5.75 Å². The smallest absolute Gasteiger partial charge is 0.119 e. The lowest BCUT2D eigenvalue weighted by Gasteiger charge is -2.16. The van der Waals surface area contributed by atoms with Crippen molar-refractivity contribution in [1.29, 1.82) is 0 Å². The molecule has 0 bridgehead atoms. The van der Waals surface area contributed by atoms with Crippen molar-refractivity contribution >= 4 is 23.0 Å². The molecule has 2 aromatic carbocycles. The van der Waals surface area contributed by atoms with Crippen LogP contribution in [0.2, 0.25) is 5.02 Å². The van der Waals surface area contributed by atoms with Crippen LogP contribution in [0.25, 0.3) is 0 Å². The molecule has 0 radical (unpaired) electrons. The van der Waals surface area contributed by atoms with Crippen molar-refractivity contribution in [2.24, 2.45) is 0 Å². The Balaban J connectivity index is 2.31. The Morgan fingerprint density at radius 1 is 1.05 bits per heavy atom. The molecule has 0 aliphatic carbocycles. The van der Waals surface area contributed by atoms with E-state index in [1.54, 1.807) is 7.11 Å². The van der Waals surface area contributed by atoms with Gasteiger partial charge in [0.15, 0.2) is 0 Å². The van der Waals surface area contributed by atoms with E-state index < -0.39 is 0 Å². The number of benzene rings is 2. The van der Waals surface area contributed by atoms with Gasteiger partial charge in [0.2, 0.25) is 0 Å². The van der Waals surface area contributed by atoms with Crippen LogP contribution in [0.4, 0.5) is 11.4 Å². The number of hydrogen-bond acceptors (Lipinski definition) is 2. The first-order valence-electron chi connectivity index (χ1n) is 6.30. The molecule has 100 valence electrons. The van der Waals surface area contributed by atoms with Crippen LogP contribution >= 0.6 is 11.6 Å². The third-order valence-corrected chi connectivity index (χ3v) is 3.26. The van der Waals surface area contributed by atoms with Gasteiger partial charge in [-0.05, 0) is 53.9 Å². The first-order chi connectivity index (χ1) is 9.10. The molecule has 3 heteroatoms. The van der Waals surface area contributed by atoms with Gasteiger partial charge in [0.25, 0.3) is 0 Å². The number of rotatable bonds is 4. The minimum atomic E-state index is 0.421. The molecule has 0 unspecified atom stereocenters. The molecule has 2 nitrogen and oxygen atoms in total. The van der Waals surface area contributed by atoms with E-state index in [0.717, 1.165) is 22.1 Å². The first kappa shape index (κ1) is 13.8. The maximum absolute atomic E-state index is 5.89. The van der Waals surface area contributed by atoms with E-state index in [-0.39, 0.29) is 0 Å². The molecule has 2 aromatic rings. The molecule has 0 aliphatic rings. The summed E-state index contributed by atoms with van der Waals surface area (Å²) >= 11 is 5.89. The van der Waals surface area contributed by atoms with Gasteiger partial charge in [-0.15, -0.1) is 0 Å². The maximum atomic E-state index is 5.89. The van der Waals surface area contributed by atoms with E-state index in [1.165, 1.54) is 5.56 Å². The Hall–Kier alpha value is -1.67. The molecule has 0 saturated carbocycles. The Labute approximate surface area is 119 Å². The van der Waals surface area contributed by atoms with Gasteiger partial charge < -0.3 is 10.1 Å². The van der Waals surface area contributed by atoms with Crippen molar-refractivity contribution in [3.8, 4) is 5.75 Å². The molecular weight excluding hydrogens is 258 g/mol. The second-order valence-electron chi connectivity index (χ2n) is 4.74. The monoisotopic (exact) mass is 275 g/mol. The topological polar surface area (TPSA) is 21.3 Å². The van der Waals surface area contributed by atoms with E-state index in [4.69, 9.17) is 16.3 Å². The molecule has 0 saturated heterocycles. The van der Waals surface area contributed by atoms with Crippen LogP contribution in [-0.2, 0) is 0 Å². The molecule has 0 aliphatic heterocycles. The summed E-state index contributed by atoms with van der Waals surface area (Å²) in [6, 6.07) is 13.8. The van der Waals surface area contributed by atoms with Crippen LogP contribution in [0.15, 0.2) is 42.5 Å². The minimum absolute atomic E-state index is 0.421. The van der Waals surface area contributed by atoms with Crippen LogP contribution in [0.1, 0.15) is 25.3 Å². The number of ether oxygens (including phenoxy) is 1. The highest BCUT2D eigenvalue weighted by atomic mass is 35.5. The summed E-state index contributed by atoms with van der Waals surface area (Å²) in [5, 5.41) is 4.16. The average molecular weight is 276 g/mol. The molecule has 0 spiro atoms. The number of anilines is 2. The Bertz CT molecular complexity index is 549. The number of halogens is 1. The van der Waals surface area contributed by atoms with Gasteiger partial charge in [0.05, 0.1) is 7.11 Å². The molecule has 0 atom stereocenters. The third kappa shape index (κ3) is 3.42. The molecule has 1 N–H and O–H groups in total. The van der Waals surface area contributed by atoms with Crippen LogP contribution < -0.4 is 10.1 Å². The molecule has 0 aromatic heterocycles. The van der Waals surface area contributed by atoms with Crippen molar-refractivity contribution in [3.63, 3.8) is 0 Å². The van der Waals surface area contributed by atoms with Crippen molar-refractivity contribution in [1.82, 2.24) is 0 Å². The van der Waals surface area contributed by atoms with Crippen LogP contribution in [0, 0.1) is 0 Å². The quantitative estimate of drug-likeness (QED) is 0.826. The van der Waals surface area contributed by atoms with Crippen LogP contribution in [0.3, 0.4) is 0 Å². The van der Waals surface area contributed by atoms with E-state index in [9.17, 15) is 0 Å². The van der Waals surface area contributed by atoms with Gasteiger partial charge in [-0.2, -0.15) is 0 Å². The van der Waals surface area contributed by atoms with E-state index >= 15 is 0 Å². The standard InChI is InChI=1S/C16H18ClNO/c1-11(2)15-10-14(19-3)8-9-16(15)18-13-6-4-12(17)5-7-13/h4-11,18H,1-3H3. The molecule has 0 heterocycles. The van der Waals surface area contributed by atoms with Crippen molar-refractivity contribution in [3.05, 3.63) is 53.1 Å². The fraction of sp³-hybridized carbons (Fsp3) is 0.250. The van der Waals surface area contributed by atoms with Crippen LogP contribution in [-0.4, -0.2) is 7.11 Å². The average Bonchev–Trinajstić information content (AvgIpc) is 2.41. The lowest BCUT2D eigenvalue weighted by molar-refractivity contribution is 0.414. The van der Waals surface area contributed by atoms with E-state index in [0.29, 0.717) is 5.92 Å². The fourth-order valence-electron chi connectivity index (χ4n) is 1.95. The number of hydrogen-bond donors (Lipinski definition) is 1. The summed E-state index contributed by atoms with van der Waals surface area (Å²) in [6.07, 6.45) is 0. The second-order valence-corrected chi connectivity index (χ2v) is 5.18. The Kier molecular flexibility index (Phi) is 4.33. The van der Waals surface area contributed by atoms with Crippen molar-refractivity contribution in [2.45, 2.75) is 19.8 Å². The highest BCUT2D eigenvalue weighted by molar-refractivity contribution is 6.30. The summed E-state index contributed by atoms with van der Waals surface area (Å²) in [6.45, 7) is 4.34. The van der Waals surface area contributed by atoms with Gasteiger partial charge in [-0.1, -0.05) is 25.4 Å². The predicted octanol–water partition coefficient (Wildman–Crippen LogP) is 5.22. The molecule has 2 rings (SSSR count). The van der Waals surface area contributed by atoms with Crippen molar-refractivity contribution in [2.75, 3.05) is 12.4 Å². The largest absolute Gasteiger partial charge is 0.497 e. The maximum Gasteiger partial charge on any atom is 0.119 e. The summed E-state index contributed by atoms with van der Waals surface area (Å²) in [5.74, 6) is 1.30. The SMILES string of the molecule is COc1ccc(Nc2ccc(Cl)cc2)c(C(C)C)c1. The van der Waals surface area contributed by atoms with E-state index in [1.807, 2.05) is 36.4 Å². The Morgan fingerprint density at radius 3 is 2.32 bits per heavy atom. The van der Waals surface area contributed by atoms with Gasteiger partial charge in [-0.3, -0.25) is 0 Å². The van der Waals surface area contributed by atoms with Crippen molar-refractivity contribution < 1.29 is 4.74 Å². The highest BCUT2D eigenvalue weighted by Gasteiger charge is 2.08. The normalized spacial score (nSPS) is 10.6. The zero-order valence-corrected chi connectivity index (χ0v) is 12.2. The third-order valence-electron chi connectivity index (χ3n) is 3.00. The van der Waals surface area contributed by atoms with Gasteiger partial charge in [0, 0.05) is 16.4 Å². The minimum Gasteiger partial charge on any atom is -0.497 e. The summed E-state index contributed by atoms with van der Waals surface area (Å²) in [7, 11) is 1.69. The number of methoxy groups -OCH3 is 1.